The molecule has 0 aliphatic carbocycles. The summed E-state index contributed by atoms with van der Waals surface area (Å²) in [5.41, 5.74) is 1.01. The van der Waals surface area contributed by atoms with E-state index in [4.69, 9.17) is 9.47 Å². The molecule has 0 saturated carbocycles. The summed E-state index contributed by atoms with van der Waals surface area (Å²) in [7, 11) is 1.67. The number of ether oxygens (including phenoxy) is 2. The molecule has 0 bridgehead atoms. The molecule has 1 N–H and O–H groups in total. The fraction of sp³-hybridized carbons (Fsp3) is 0.600. The zero-order valence-corrected chi connectivity index (χ0v) is 11.2. The molecule has 1 aromatic rings. The molecule has 1 unspecified atom stereocenters. The normalized spacial score (nSPS) is 12.6. The van der Waals surface area contributed by atoms with Crippen molar-refractivity contribution in [2.24, 2.45) is 0 Å². The van der Waals surface area contributed by atoms with Crippen molar-refractivity contribution in [3.8, 4) is 0 Å². The maximum absolute atomic E-state index is 9.95. The van der Waals surface area contributed by atoms with Gasteiger partial charge in [0, 0.05) is 13.7 Å². The number of methoxy groups -OCH3 is 1. The van der Waals surface area contributed by atoms with Crippen LogP contribution in [0.5, 0.6) is 0 Å². The lowest BCUT2D eigenvalue weighted by atomic mass is 10.0. The van der Waals surface area contributed by atoms with Crippen LogP contribution in [0.1, 0.15) is 37.4 Å². The first-order valence-electron chi connectivity index (χ1n) is 6.64. The molecular formula is C15H24O3. The summed E-state index contributed by atoms with van der Waals surface area (Å²) in [6.07, 6.45) is 3.66. The molecule has 18 heavy (non-hydrogen) atoms. The van der Waals surface area contributed by atoms with E-state index in [9.17, 15) is 5.11 Å². The van der Waals surface area contributed by atoms with E-state index in [1.54, 1.807) is 7.11 Å². The van der Waals surface area contributed by atoms with Gasteiger partial charge in [0.05, 0.1) is 19.3 Å². The summed E-state index contributed by atoms with van der Waals surface area (Å²) in [4.78, 5) is 0. The lowest BCUT2D eigenvalue weighted by Crippen LogP contribution is -2.03. The highest BCUT2D eigenvalue weighted by molar-refractivity contribution is 5.16. The van der Waals surface area contributed by atoms with Gasteiger partial charge in [0.15, 0.2) is 0 Å². The SMILES string of the molecule is COCCOCCCCCC(O)c1ccccc1. The third kappa shape index (κ3) is 6.74. The number of benzene rings is 1. The summed E-state index contributed by atoms with van der Waals surface area (Å²) in [6, 6.07) is 9.83. The molecule has 0 fully saturated rings. The summed E-state index contributed by atoms with van der Waals surface area (Å²) in [5, 5.41) is 9.95. The molecule has 102 valence electrons. The zero-order chi connectivity index (χ0) is 13.1. The van der Waals surface area contributed by atoms with Crippen molar-refractivity contribution in [3.63, 3.8) is 0 Å². The predicted octanol–water partition coefficient (Wildman–Crippen LogP) is 2.94. The maximum Gasteiger partial charge on any atom is 0.0790 e. The van der Waals surface area contributed by atoms with Crippen LogP contribution in [-0.4, -0.2) is 32.0 Å². The van der Waals surface area contributed by atoms with Gasteiger partial charge in [-0.05, 0) is 18.4 Å². The van der Waals surface area contributed by atoms with E-state index in [2.05, 4.69) is 0 Å². The van der Waals surface area contributed by atoms with Crippen molar-refractivity contribution in [1.29, 1.82) is 0 Å². The predicted molar refractivity (Wildman–Crippen MR) is 72.6 cm³/mol. The first kappa shape index (κ1) is 15.2. The smallest absolute Gasteiger partial charge is 0.0790 e. The number of hydrogen-bond donors (Lipinski definition) is 1. The molecule has 3 nitrogen and oxygen atoms in total. The Balaban J connectivity index is 1.98. The van der Waals surface area contributed by atoms with E-state index >= 15 is 0 Å². The van der Waals surface area contributed by atoms with Gasteiger partial charge in [-0.3, -0.25) is 0 Å². The maximum atomic E-state index is 9.95. The quantitative estimate of drug-likeness (QED) is 0.651. The van der Waals surface area contributed by atoms with E-state index in [0.717, 1.165) is 37.9 Å². The first-order valence-corrected chi connectivity index (χ1v) is 6.64. The van der Waals surface area contributed by atoms with Crippen LogP contribution in [0.3, 0.4) is 0 Å². The molecule has 0 aliphatic rings. The Morgan fingerprint density at radius 1 is 1.00 bits per heavy atom. The lowest BCUT2D eigenvalue weighted by Gasteiger charge is -2.10. The van der Waals surface area contributed by atoms with Crippen LogP contribution in [0.2, 0.25) is 0 Å². The summed E-state index contributed by atoms with van der Waals surface area (Å²) in [6.45, 7) is 2.11. The van der Waals surface area contributed by atoms with Crippen LogP contribution in [0.15, 0.2) is 30.3 Å². The number of hydrogen-bond acceptors (Lipinski definition) is 3. The Hall–Kier alpha value is -0.900. The van der Waals surface area contributed by atoms with Gasteiger partial charge in [-0.1, -0.05) is 43.2 Å². The van der Waals surface area contributed by atoms with E-state index < -0.39 is 0 Å². The van der Waals surface area contributed by atoms with Crippen LogP contribution >= 0.6 is 0 Å². The third-order valence-electron chi connectivity index (χ3n) is 2.88. The van der Waals surface area contributed by atoms with E-state index in [-0.39, 0.29) is 6.10 Å². The molecule has 0 saturated heterocycles. The number of aliphatic hydroxyl groups excluding tert-OH is 1. The molecule has 0 heterocycles. The van der Waals surface area contributed by atoms with Crippen molar-refractivity contribution in [1.82, 2.24) is 0 Å². The standard InChI is InChI=1S/C15H24O3/c1-17-12-13-18-11-7-3-6-10-15(16)14-8-4-2-5-9-14/h2,4-5,8-9,15-16H,3,6-7,10-13H2,1H3. The molecular weight excluding hydrogens is 228 g/mol. The molecule has 0 spiro atoms. The van der Waals surface area contributed by atoms with Gasteiger partial charge in [-0.2, -0.15) is 0 Å². The lowest BCUT2D eigenvalue weighted by molar-refractivity contribution is 0.0680. The summed E-state index contributed by atoms with van der Waals surface area (Å²) in [5.74, 6) is 0. The first-order chi connectivity index (χ1) is 8.84. The van der Waals surface area contributed by atoms with Gasteiger partial charge in [0.2, 0.25) is 0 Å². The topological polar surface area (TPSA) is 38.7 Å². The Morgan fingerprint density at radius 3 is 2.50 bits per heavy atom. The van der Waals surface area contributed by atoms with Gasteiger partial charge in [0.25, 0.3) is 0 Å². The largest absolute Gasteiger partial charge is 0.388 e. The second kappa shape index (κ2) is 10.1. The molecule has 1 aromatic carbocycles. The van der Waals surface area contributed by atoms with Crippen molar-refractivity contribution >= 4 is 0 Å². The van der Waals surface area contributed by atoms with Crippen LogP contribution in [0.4, 0.5) is 0 Å². The van der Waals surface area contributed by atoms with Crippen LogP contribution in [0.25, 0.3) is 0 Å². The summed E-state index contributed by atoms with van der Waals surface area (Å²) < 4.78 is 10.3. The molecule has 1 rings (SSSR count). The fourth-order valence-electron chi connectivity index (χ4n) is 1.80. The second-order valence-corrected chi connectivity index (χ2v) is 4.38. The highest BCUT2D eigenvalue weighted by Crippen LogP contribution is 2.18. The third-order valence-corrected chi connectivity index (χ3v) is 2.88. The van der Waals surface area contributed by atoms with Crippen molar-refractivity contribution in [3.05, 3.63) is 35.9 Å². The number of unbranched alkanes of at least 4 members (excludes halogenated alkanes) is 2. The van der Waals surface area contributed by atoms with Gasteiger partial charge < -0.3 is 14.6 Å². The van der Waals surface area contributed by atoms with Crippen LogP contribution < -0.4 is 0 Å². The number of rotatable bonds is 10. The zero-order valence-electron chi connectivity index (χ0n) is 11.2. The highest BCUT2D eigenvalue weighted by atomic mass is 16.5. The van der Waals surface area contributed by atoms with E-state index in [0.29, 0.717) is 13.2 Å². The molecule has 0 amide bonds. The Labute approximate surface area is 110 Å². The average molecular weight is 252 g/mol. The molecule has 0 aromatic heterocycles. The fourth-order valence-corrected chi connectivity index (χ4v) is 1.80. The highest BCUT2D eigenvalue weighted by Gasteiger charge is 2.05. The van der Waals surface area contributed by atoms with Crippen molar-refractivity contribution < 1.29 is 14.6 Å². The van der Waals surface area contributed by atoms with Crippen LogP contribution in [0, 0.1) is 0 Å². The Bertz CT molecular complexity index is 287. The van der Waals surface area contributed by atoms with Crippen LogP contribution in [-0.2, 0) is 9.47 Å². The Kier molecular flexibility index (Phi) is 8.47. The molecule has 0 aliphatic heterocycles. The van der Waals surface area contributed by atoms with Gasteiger partial charge in [-0.25, -0.2) is 0 Å². The second-order valence-electron chi connectivity index (χ2n) is 4.38. The van der Waals surface area contributed by atoms with Gasteiger partial charge in [0.1, 0.15) is 0 Å². The van der Waals surface area contributed by atoms with Crippen molar-refractivity contribution in [2.75, 3.05) is 26.9 Å². The number of aliphatic hydroxyl groups is 1. The van der Waals surface area contributed by atoms with Gasteiger partial charge in [-0.15, -0.1) is 0 Å². The van der Waals surface area contributed by atoms with E-state index in [1.807, 2.05) is 30.3 Å². The minimum absolute atomic E-state index is 0.333. The molecule has 1 atom stereocenters. The molecule has 3 heteroatoms. The minimum Gasteiger partial charge on any atom is -0.388 e. The monoisotopic (exact) mass is 252 g/mol. The van der Waals surface area contributed by atoms with Crippen molar-refractivity contribution in [2.45, 2.75) is 31.8 Å². The minimum atomic E-state index is -0.333. The molecule has 0 radical (unpaired) electrons. The van der Waals surface area contributed by atoms with E-state index in [1.165, 1.54) is 0 Å². The van der Waals surface area contributed by atoms with Gasteiger partial charge >= 0.3 is 0 Å². The summed E-state index contributed by atoms with van der Waals surface area (Å²) >= 11 is 0. The Morgan fingerprint density at radius 2 is 1.78 bits per heavy atom. The average Bonchev–Trinajstić information content (AvgIpc) is 2.42.